The quantitative estimate of drug-likeness (QED) is 0.720. The van der Waals surface area contributed by atoms with E-state index in [-0.39, 0.29) is 0 Å². The Morgan fingerprint density at radius 2 is 1.74 bits per heavy atom. The second-order valence-electron chi connectivity index (χ2n) is 6.57. The van der Waals surface area contributed by atoms with E-state index in [0.29, 0.717) is 23.3 Å². The van der Waals surface area contributed by atoms with Crippen LogP contribution in [-0.4, -0.2) is 11.9 Å². The number of esters is 2. The third-order valence-electron chi connectivity index (χ3n) is 4.51. The van der Waals surface area contributed by atoms with Crippen LogP contribution >= 0.6 is 0 Å². The maximum atomic E-state index is 14.1. The van der Waals surface area contributed by atoms with Crippen LogP contribution in [0.5, 0.6) is 0 Å². The van der Waals surface area contributed by atoms with Gasteiger partial charge in [0.05, 0.1) is 0 Å². The molecule has 0 spiro atoms. The number of allylic oxidation sites excluding steroid dienone is 1. The maximum absolute atomic E-state index is 14.1. The molecule has 140 valence electrons. The molecule has 2 aromatic carbocycles. The molecule has 5 heteroatoms. The monoisotopic (exact) mass is 368 g/mol. The highest BCUT2D eigenvalue weighted by Gasteiger charge is 2.32. The van der Waals surface area contributed by atoms with Crippen LogP contribution in [0.15, 0.2) is 36.4 Å². The van der Waals surface area contributed by atoms with E-state index in [9.17, 15) is 14.0 Å². The topological polar surface area (TPSA) is 52.6 Å². The normalized spacial score (nSPS) is 15.5. The number of hydrogen-bond donors (Lipinski definition) is 0. The Bertz CT molecular complexity index is 959. The lowest BCUT2D eigenvalue weighted by Crippen LogP contribution is -2.13. The minimum absolute atomic E-state index is 0.376. The second kappa shape index (κ2) is 7.35. The summed E-state index contributed by atoms with van der Waals surface area (Å²) in [6.45, 7) is 6.56. The third-order valence-corrected chi connectivity index (χ3v) is 4.51. The van der Waals surface area contributed by atoms with Gasteiger partial charge in [-0.2, -0.15) is 0 Å². The fraction of sp³-hybridized carbons (Fsp3) is 0.273. The van der Waals surface area contributed by atoms with Gasteiger partial charge in [0.15, 0.2) is 6.10 Å². The molecule has 2 aromatic rings. The van der Waals surface area contributed by atoms with Crippen molar-refractivity contribution < 1.29 is 23.5 Å². The van der Waals surface area contributed by atoms with Crippen LogP contribution in [0.2, 0.25) is 0 Å². The molecular formula is C22H21FO4. The van der Waals surface area contributed by atoms with Crippen LogP contribution in [0.1, 0.15) is 61.1 Å². The fourth-order valence-corrected chi connectivity index (χ4v) is 3.47. The van der Waals surface area contributed by atoms with Gasteiger partial charge in [0.2, 0.25) is 0 Å². The summed E-state index contributed by atoms with van der Waals surface area (Å²) in [6.07, 6.45) is -0.207. The van der Waals surface area contributed by atoms with Crippen molar-refractivity contribution in [2.45, 2.75) is 40.2 Å². The van der Waals surface area contributed by atoms with Gasteiger partial charge in [-0.25, -0.2) is 4.39 Å². The number of aryl methyl sites for hydroxylation is 1. The van der Waals surface area contributed by atoms with Gasteiger partial charge in [-0.05, 0) is 37.1 Å². The van der Waals surface area contributed by atoms with E-state index < -0.39 is 23.9 Å². The van der Waals surface area contributed by atoms with Gasteiger partial charge in [0.1, 0.15) is 11.6 Å². The fourth-order valence-electron chi connectivity index (χ4n) is 3.47. The average Bonchev–Trinajstić information content (AvgIpc) is 2.68. The van der Waals surface area contributed by atoms with Crippen LogP contribution in [0.3, 0.4) is 0 Å². The Balaban J connectivity index is 2.42. The van der Waals surface area contributed by atoms with E-state index >= 15 is 0 Å². The van der Waals surface area contributed by atoms with E-state index in [1.807, 2.05) is 32.0 Å². The van der Waals surface area contributed by atoms with Crippen molar-refractivity contribution in [3.63, 3.8) is 0 Å². The summed E-state index contributed by atoms with van der Waals surface area (Å²) in [5.74, 6) is -1.02. The zero-order valence-electron chi connectivity index (χ0n) is 15.8. The molecule has 0 saturated heterocycles. The van der Waals surface area contributed by atoms with Crippen LogP contribution in [0, 0.1) is 12.7 Å². The predicted octanol–water partition coefficient (Wildman–Crippen LogP) is 4.94. The number of halogens is 1. The first kappa shape index (κ1) is 18.8. The van der Waals surface area contributed by atoms with Crippen molar-refractivity contribution in [3.05, 3.63) is 70.0 Å². The lowest BCUT2D eigenvalue weighted by atomic mass is 9.92. The molecule has 1 aliphatic rings. The van der Waals surface area contributed by atoms with Crippen LogP contribution < -0.4 is 0 Å². The van der Waals surface area contributed by atoms with E-state index in [0.717, 1.165) is 22.3 Å². The predicted molar refractivity (Wildman–Crippen MR) is 100 cm³/mol. The molecule has 0 heterocycles. The van der Waals surface area contributed by atoms with Crippen molar-refractivity contribution in [1.29, 1.82) is 0 Å². The molecule has 0 aliphatic heterocycles. The number of ether oxygens (including phenoxy) is 2. The highest BCUT2D eigenvalue weighted by Crippen LogP contribution is 2.44. The number of carbonyl (C=O) groups excluding carboxylic acids is 2. The van der Waals surface area contributed by atoms with Crippen molar-refractivity contribution in [2.75, 3.05) is 0 Å². The Kier molecular flexibility index (Phi) is 5.13. The molecule has 0 fully saturated rings. The van der Waals surface area contributed by atoms with Gasteiger partial charge in [0.25, 0.3) is 0 Å². The second-order valence-corrected chi connectivity index (χ2v) is 6.57. The summed E-state index contributed by atoms with van der Waals surface area (Å²) < 4.78 is 25.2. The van der Waals surface area contributed by atoms with E-state index in [4.69, 9.17) is 9.47 Å². The summed E-state index contributed by atoms with van der Waals surface area (Å²) in [6, 6.07) is 9.96. The van der Waals surface area contributed by atoms with E-state index in [1.54, 1.807) is 6.07 Å². The molecule has 0 aromatic heterocycles. The Hall–Kier alpha value is -2.95. The van der Waals surface area contributed by atoms with Crippen LogP contribution in [-0.2, 0) is 19.1 Å². The zero-order chi connectivity index (χ0) is 19.7. The number of carbonyl (C=O) groups is 2. The number of benzene rings is 2. The molecule has 0 N–H and O–H groups in total. The largest absolute Gasteiger partial charge is 0.453 e. The van der Waals surface area contributed by atoms with Gasteiger partial charge in [-0.3, -0.25) is 9.59 Å². The van der Waals surface area contributed by atoms with Crippen molar-refractivity contribution in [3.8, 4) is 0 Å². The minimum Gasteiger partial charge on any atom is -0.453 e. The maximum Gasteiger partial charge on any atom is 0.308 e. The summed E-state index contributed by atoms with van der Waals surface area (Å²) in [7, 11) is 0. The minimum atomic E-state index is -0.793. The standard InChI is InChI=1S/C22H21FO4/c1-5-16-19-10-12(2)6-8-17(19)22(27-14(4)25)20-11-15(23)7-9-18(20)21(16)26-13(3)24/h6-11,22H,5H2,1-4H3. The van der Waals surface area contributed by atoms with Crippen molar-refractivity contribution in [2.24, 2.45) is 0 Å². The molecule has 3 rings (SSSR count). The number of fused-ring (bicyclic) bond motifs is 2. The van der Waals surface area contributed by atoms with E-state index in [1.165, 1.54) is 26.0 Å². The first-order valence-electron chi connectivity index (χ1n) is 8.81. The summed E-state index contributed by atoms with van der Waals surface area (Å²) >= 11 is 0. The lowest BCUT2D eigenvalue weighted by molar-refractivity contribution is -0.144. The highest BCUT2D eigenvalue weighted by atomic mass is 19.1. The number of rotatable bonds is 3. The average molecular weight is 368 g/mol. The van der Waals surface area contributed by atoms with Gasteiger partial charge in [-0.1, -0.05) is 30.7 Å². The first-order chi connectivity index (χ1) is 12.8. The zero-order valence-corrected chi connectivity index (χ0v) is 15.8. The first-order valence-corrected chi connectivity index (χ1v) is 8.81. The number of hydrogen-bond acceptors (Lipinski definition) is 4. The molecule has 0 bridgehead atoms. The Labute approximate surface area is 157 Å². The van der Waals surface area contributed by atoms with Crippen LogP contribution in [0.4, 0.5) is 4.39 Å². The molecule has 0 amide bonds. The lowest BCUT2D eigenvalue weighted by Gasteiger charge is -2.21. The van der Waals surface area contributed by atoms with Gasteiger partial charge < -0.3 is 9.47 Å². The summed E-state index contributed by atoms with van der Waals surface area (Å²) in [4.78, 5) is 23.6. The van der Waals surface area contributed by atoms with Crippen molar-refractivity contribution in [1.82, 2.24) is 0 Å². The molecule has 1 atom stereocenters. The third kappa shape index (κ3) is 3.63. The molecule has 0 saturated carbocycles. The summed E-state index contributed by atoms with van der Waals surface area (Å²) in [5, 5.41) is 0. The smallest absolute Gasteiger partial charge is 0.308 e. The molecule has 1 aliphatic carbocycles. The molecule has 1 unspecified atom stereocenters. The SMILES string of the molecule is CCC1=C(OC(C)=O)c2ccc(F)cc2C(OC(C)=O)c2ccc(C)cc21. The molecular weight excluding hydrogens is 347 g/mol. The van der Waals surface area contributed by atoms with Crippen molar-refractivity contribution >= 4 is 23.3 Å². The van der Waals surface area contributed by atoms with Gasteiger partial charge >= 0.3 is 11.9 Å². The molecule has 4 nitrogen and oxygen atoms in total. The van der Waals surface area contributed by atoms with E-state index in [2.05, 4.69) is 0 Å². The van der Waals surface area contributed by atoms with Gasteiger partial charge in [0, 0.05) is 36.1 Å². The highest BCUT2D eigenvalue weighted by molar-refractivity contribution is 5.95. The molecule has 27 heavy (non-hydrogen) atoms. The molecule has 0 radical (unpaired) electrons. The van der Waals surface area contributed by atoms with Gasteiger partial charge in [-0.15, -0.1) is 0 Å². The Morgan fingerprint density at radius 3 is 2.37 bits per heavy atom. The van der Waals surface area contributed by atoms with Crippen LogP contribution in [0.25, 0.3) is 11.3 Å². The summed E-state index contributed by atoms with van der Waals surface area (Å²) in [5.41, 5.74) is 4.39. The Morgan fingerprint density at radius 1 is 1.00 bits per heavy atom.